The van der Waals surface area contributed by atoms with Gasteiger partial charge in [0.05, 0.1) is 20.1 Å². The molecule has 100 valence electrons. The normalized spacial score (nSPS) is 9.47. The van der Waals surface area contributed by atoms with Crippen molar-refractivity contribution in [1.29, 1.82) is 0 Å². The van der Waals surface area contributed by atoms with E-state index in [-0.39, 0.29) is 25.4 Å². The van der Waals surface area contributed by atoms with Crippen molar-refractivity contribution in [3.05, 3.63) is 29.8 Å². The van der Waals surface area contributed by atoms with Crippen LogP contribution < -0.4 is 4.74 Å². The van der Waals surface area contributed by atoms with Crippen molar-refractivity contribution < 1.29 is 19.4 Å². The zero-order chi connectivity index (χ0) is 14.3. The van der Waals surface area contributed by atoms with Crippen molar-refractivity contribution in [2.75, 3.05) is 20.2 Å². The molecule has 1 aromatic carbocycles. The molecule has 1 rings (SSSR count). The Morgan fingerprint density at radius 2 is 2.00 bits per heavy atom. The van der Waals surface area contributed by atoms with Gasteiger partial charge in [0.15, 0.2) is 0 Å². The minimum atomic E-state index is -1.08. The Hall–Kier alpha value is -2.48. The van der Waals surface area contributed by atoms with Crippen LogP contribution >= 0.6 is 0 Å². The van der Waals surface area contributed by atoms with Gasteiger partial charge in [-0.1, -0.05) is 18.1 Å². The van der Waals surface area contributed by atoms with Crippen molar-refractivity contribution in [3.63, 3.8) is 0 Å². The molecule has 1 amide bonds. The molecule has 0 aromatic heterocycles. The van der Waals surface area contributed by atoms with Gasteiger partial charge in [0.2, 0.25) is 5.91 Å². The van der Waals surface area contributed by atoms with Gasteiger partial charge in [-0.25, -0.2) is 0 Å². The Bertz CT molecular complexity index is 487. The highest BCUT2D eigenvalue weighted by Gasteiger charge is 2.16. The number of carboxylic acid groups (broad SMARTS) is 1. The fourth-order valence-electron chi connectivity index (χ4n) is 1.54. The quantitative estimate of drug-likeness (QED) is 0.769. The third kappa shape index (κ3) is 4.72. The van der Waals surface area contributed by atoms with Gasteiger partial charge in [0.25, 0.3) is 0 Å². The van der Waals surface area contributed by atoms with Crippen LogP contribution in [-0.2, 0) is 16.0 Å². The zero-order valence-corrected chi connectivity index (χ0v) is 10.6. The molecule has 5 nitrogen and oxygen atoms in total. The number of methoxy groups -OCH3 is 1. The SMILES string of the molecule is C#CCN(CC(=O)O)C(=O)Cc1ccc(OC)cc1. The molecule has 1 N–H and O–H groups in total. The Balaban J connectivity index is 2.69. The second kappa shape index (κ2) is 7.07. The Labute approximate surface area is 111 Å². The first-order valence-corrected chi connectivity index (χ1v) is 5.62. The van der Waals surface area contributed by atoms with Crippen LogP contribution in [0, 0.1) is 12.3 Å². The lowest BCUT2D eigenvalue weighted by molar-refractivity contribution is -0.143. The summed E-state index contributed by atoms with van der Waals surface area (Å²) >= 11 is 0. The Morgan fingerprint density at radius 1 is 1.37 bits per heavy atom. The van der Waals surface area contributed by atoms with E-state index in [9.17, 15) is 9.59 Å². The van der Waals surface area contributed by atoms with E-state index in [0.717, 1.165) is 10.5 Å². The van der Waals surface area contributed by atoms with E-state index in [2.05, 4.69) is 5.92 Å². The highest BCUT2D eigenvalue weighted by molar-refractivity contribution is 5.83. The maximum atomic E-state index is 11.9. The predicted molar refractivity (Wildman–Crippen MR) is 69.7 cm³/mol. The third-order valence-electron chi connectivity index (χ3n) is 2.48. The number of rotatable bonds is 6. The minimum Gasteiger partial charge on any atom is -0.497 e. The second-order valence-corrected chi connectivity index (χ2v) is 3.87. The molecule has 0 heterocycles. The summed E-state index contributed by atoms with van der Waals surface area (Å²) in [6.45, 7) is -0.402. The third-order valence-corrected chi connectivity index (χ3v) is 2.48. The van der Waals surface area contributed by atoms with Gasteiger partial charge in [-0.2, -0.15) is 0 Å². The first kappa shape index (κ1) is 14.6. The highest BCUT2D eigenvalue weighted by Crippen LogP contribution is 2.12. The Morgan fingerprint density at radius 3 is 2.47 bits per heavy atom. The molecule has 19 heavy (non-hydrogen) atoms. The number of hydrogen-bond donors (Lipinski definition) is 1. The van der Waals surface area contributed by atoms with Crippen LogP contribution in [0.25, 0.3) is 0 Å². The van der Waals surface area contributed by atoms with Crippen molar-refractivity contribution in [1.82, 2.24) is 4.90 Å². The van der Waals surface area contributed by atoms with Crippen LogP contribution in [0.4, 0.5) is 0 Å². The van der Waals surface area contributed by atoms with Crippen LogP contribution in [0.1, 0.15) is 5.56 Å². The molecule has 0 aliphatic carbocycles. The monoisotopic (exact) mass is 261 g/mol. The van der Waals surface area contributed by atoms with Crippen LogP contribution in [0.2, 0.25) is 0 Å². The molecule has 0 aliphatic heterocycles. The summed E-state index contributed by atoms with van der Waals surface area (Å²) in [5, 5.41) is 8.71. The lowest BCUT2D eigenvalue weighted by Crippen LogP contribution is -2.36. The van der Waals surface area contributed by atoms with Crippen molar-refractivity contribution in [2.24, 2.45) is 0 Å². The van der Waals surface area contributed by atoms with Crippen molar-refractivity contribution in [3.8, 4) is 18.1 Å². The molecular weight excluding hydrogens is 246 g/mol. The van der Waals surface area contributed by atoms with E-state index in [0.29, 0.717) is 5.75 Å². The van der Waals surface area contributed by atoms with Crippen molar-refractivity contribution in [2.45, 2.75) is 6.42 Å². The average Bonchev–Trinajstić information content (AvgIpc) is 2.38. The molecule has 0 saturated carbocycles. The molecule has 0 radical (unpaired) electrons. The Kier molecular flexibility index (Phi) is 5.42. The van der Waals surface area contributed by atoms with E-state index in [1.165, 1.54) is 0 Å². The number of hydrogen-bond acceptors (Lipinski definition) is 3. The molecule has 0 aliphatic rings. The molecule has 0 bridgehead atoms. The smallest absolute Gasteiger partial charge is 0.323 e. The number of benzene rings is 1. The molecule has 5 heteroatoms. The van der Waals surface area contributed by atoms with Crippen LogP contribution in [-0.4, -0.2) is 42.1 Å². The lowest BCUT2D eigenvalue weighted by Gasteiger charge is -2.17. The topological polar surface area (TPSA) is 66.8 Å². The average molecular weight is 261 g/mol. The van der Waals surface area contributed by atoms with Gasteiger partial charge in [0, 0.05) is 0 Å². The maximum absolute atomic E-state index is 11.9. The molecule has 0 unspecified atom stereocenters. The first-order chi connectivity index (χ1) is 9.06. The number of carbonyl (C=O) groups excluding carboxylic acids is 1. The summed E-state index contributed by atoms with van der Waals surface area (Å²) in [4.78, 5) is 23.7. The summed E-state index contributed by atoms with van der Waals surface area (Å²) in [6, 6.07) is 6.99. The van der Waals surface area contributed by atoms with Crippen LogP contribution in [0.5, 0.6) is 5.75 Å². The molecular formula is C14H15NO4. The van der Waals surface area contributed by atoms with Crippen LogP contribution in [0.3, 0.4) is 0 Å². The number of amides is 1. The van der Waals surface area contributed by atoms with Crippen LogP contribution in [0.15, 0.2) is 24.3 Å². The lowest BCUT2D eigenvalue weighted by atomic mass is 10.1. The molecule has 0 spiro atoms. The zero-order valence-electron chi connectivity index (χ0n) is 10.6. The van der Waals surface area contributed by atoms with Gasteiger partial charge in [-0.15, -0.1) is 6.42 Å². The van der Waals surface area contributed by atoms with Gasteiger partial charge in [-0.3, -0.25) is 9.59 Å². The number of terminal acetylenes is 1. The maximum Gasteiger partial charge on any atom is 0.323 e. The van der Waals surface area contributed by atoms with Gasteiger partial charge in [0.1, 0.15) is 12.3 Å². The minimum absolute atomic E-state index is 0.0126. The largest absolute Gasteiger partial charge is 0.497 e. The standard InChI is InChI=1S/C14H15NO4/c1-3-8-15(10-14(17)18)13(16)9-11-4-6-12(19-2)7-5-11/h1,4-7H,8-10H2,2H3,(H,17,18). The van der Waals surface area contributed by atoms with E-state index in [1.807, 2.05) is 0 Å². The van der Waals surface area contributed by atoms with Gasteiger partial charge < -0.3 is 14.7 Å². The first-order valence-electron chi connectivity index (χ1n) is 5.62. The summed E-state index contributed by atoms with van der Waals surface area (Å²) in [5.41, 5.74) is 0.776. The number of aliphatic carboxylic acids is 1. The van der Waals surface area contributed by atoms with Gasteiger partial charge >= 0.3 is 5.97 Å². The summed E-state index contributed by atoms with van der Waals surface area (Å²) in [7, 11) is 1.56. The fourth-order valence-corrected chi connectivity index (χ4v) is 1.54. The van der Waals surface area contributed by atoms with Crippen molar-refractivity contribution >= 4 is 11.9 Å². The number of carboxylic acids is 1. The second-order valence-electron chi connectivity index (χ2n) is 3.87. The highest BCUT2D eigenvalue weighted by atomic mass is 16.5. The molecule has 0 fully saturated rings. The summed E-state index contributed by atoms with van der Waals surface area (Å²) in [6.07, 6.45) is 5.23. The number of nitrogens with zero attached hydrogens (tertiary/aromatic N) is 1. The summed E-state index contributed by atoms with van der Waals surface area (Å²) in [5.74, 6) is 1.58. The summed E-state index contributed by atoms with van der Waals surface area (Å²) < 4.78 is 5.01. The van der Waals surface area contributed by atoms with E-state index in [4.69, 9.17) is 16.3 Å². The predicted octanol–water partition coefficient (Wildman–Crippen LogP) is 0.784. The molecule has 0 saturated heterocycles. The molecule has 0 atom stereocenters. The molecule has 1 aromatic rings. The fraction of sp³-hybridized carbons (Fsp3) is 0.286. The number of ether oxygens (including phenoxy) is 1. The van der Waals surface area contributed by atoms with E-state index in [1.54, 1.807) is 31.4 Å². The van der Waals surface area contributed by atoms with E-state index < -0.39 is 5.97 Å². The number of carbonyl (C=O) groups is 2. The van der Waals surface area contributed by atoms with Gasteiger partial charge in [-0.05, 0) is 17.7 Å². The van der Waals surface area contributed by atoms with E-state index >= 15 is 0 Å².